The molecule has 0 bridgehead atoms. The second-order valence-electron chi connectivity index (χ2n) is 2.98. The van der Waals surface area contributed by atoms with Crippen LogP contribution >= 0.6 is 11.6 Å². The number of rotatable bonds is 0. The summed E-state index contributed by atoms with van der Waals surface area (Å²) in [7, 11) is 0. The van der Waals surface area contributed by atoms with Crippen LogP contribution in [0, 0.1) is 5.82 Å². The Morgan fingerprint density at radius 1 is 1.36 bits per heavy atom. The topological polar surface area (TPSA) is 46.2 Å². The number of fused-ring (bicyclic) bond motifs is 1. The van der Waals surface area contributed by atoms with Crippen molar-refractivity contribution in [2.24, 2.45) is 0 Å². The van der Waals surface area contributed by atoms with Crippen molar-refractivity contribution in [2.45, 2.75) is 6.42 Å². The number of carbonyl (C=O) groups is 2. The van der Waals surface area contributed by atoms with Gasteiger partial charge in [-0.05, 0) is 17.7 Å². The number of ketones is 1. The number of hydrogen-bond acceptors (Lipinski definition) is 2. The predicted octanol–water partition coefficient (Wildman–Crippen LogP) is 1.54. The van der Waals surface area contributed by atoms with Crippen LogP contribution in [0.1, 0.15) is 5.56 Å². The van der Waals surface area contributed by atoms with Crippen molar-refractivity contribution in [2.75, 3.05) is 5.32 Å². The molecule has 1 aromatic rings. The van der Waals surface area contributed by atoms with E-state index in [-0.39, 0.29) is 17.1 Å². The van der Waals surface area contributed by atoms with Gasteiger partial charge < -0.3 is 5.32 Å². The maximum atomic E-state index is 13.2. The van der Waals surface area contributed by atoms with E-state index in [1.54, 1.807) is 0 Å². The summed E-state index contributed by atoms with van der Waals surface area (Å²) in [5.41, 5.74) is 0.471. The number of hydrogen-bond donors (Lipinski definition) is 1. The number of carbonyl (C=O) groups excluding carboxylic acids is 2. The first-order chi connectivity index (χ1) is 6.58. The Hall–Kier alpha value is -1.42. The van der Waals surface area contributed by atoms with Crippen LogP contribution in [-0.2, 0) is 16.0 Å². The first-order valence-electron chi connectivity index (χ1n) is 3.90. The van der Waals surface area contributed by atoms with Crippen LogP contribution in [0.15, 0.2) is 12.1 Å². The van der Waals surface area contributed by atoms with Gasteiger partial charge in [-0.2, -0.15) is 0 Å². The lowest BCUT2D eigenvalue weighted by Gasteiger charge is -2.16. The molecule has 0 aromatic heterocycles. The molecular formula is C9H5ClFNO2. The van der Waals surface area contributed by atoms with Gasteiger partial charge in [-0.15, -0.1) is 0 Å². The molecule has 2 rings (SSSR count). The number of anilines is 1. The lowest BCUT2D eigenvalue weighted by Crippen LogP contribution is -2.30. The Labute approximate surface area is 83.9 Å². The summed E-state index contributed by atoms with van der Waals surface area (Å²) in [6, 6.07) is 2.56. The van der Waals surface area contributed by atoms with Gasteiger partial charge in [-0.25, -0.2) is 4.39 Å². The summed E-state index contributed by atoms with van der Waals surface area (Å²) in [5.74, 6) is -1.98. The van der Waals surface area contributed by atoms with Gasteiger partial charge >= 0.3 is 0 Å². The highest BCUT2D eigenvalue weighted by Crippen LogP contribution is 2.27. The Bertz CT molecular complexity index is 445. The van der Waals surface area contributed by atoms with Crippen LogP contribution in [0.5, 0.6) is 0 Å². The minimum absolute atomic E-state index is 0.0546. The molecule has 0 saturated heterocycles. The second kappa shape index (κ2) is 3.06. The highest BCUT2D eigenvalue weighted by Gasteiger charge is 2.25. The number of benzene rings is 1. The van der Waals surface area contributed by atoms with Crippen LogP contribution < -0.4 is 5.32 Å². The molecule has 0 spiro atoms. The molecule has 14 heavy (non-hydrogen) atoms. The van der Waals surface area contributed by atoms with E-state index in [0.29, 0.717) is 5.56 Å². The van der Waals surface area contributed by atoms with Gasteiger partial charge in [0.1, 0.15) is 5.82 Å². The monoisotopic (exact) mass is 213 g/mol. The number of amides is 1. The quantitative estimate of drug-likeness (QED) is 0.665. The Balaban J connectivity index is 2.57. The van der Waals surface area contributed by atoms with Crippen molar-refractivity contribution >= 4 is 29.0 Å². The van der Waals surface area contributed by atoms with Gasteiger partial charge in [0.05, 0.1) is 5.69 Å². The minimum atomic E-state index is -0.779. The van der Waals surface area contributed by atoms with Crippen molar-refractivity contribution < 1.29 is 14.0 Å². The fraction of sp³-hybridized carbons (Fsp3) is 0.111. The second-order valence-corrected chi connectivity index (χ2v) is 3.41. The third-order valence-electron chi connectivity index (χ3n) is 1.98. The summed E-state index contributed by atoms with van der Waals surface area (Å²) in [5, 5.41) is 2.40. The molecule has 1 heterocycles. The molecule has 1 N–H and O–H groups in total. The zero-order chi connectivity index (χ0) is 10.3. The summed E-state index contributed by atoms with van der Waals surface area (Å²) in [4.78, 5) is 21.9. The van der Waals surface area contributed by atoms with Crippen LogP contribution in [0.2, 0.25) is 5.02 Å². The van der Waals surface area contributed by atoms with Gasteiger partial charge in [0.25, 0.3) is 5.91 Å². The first kappa shape index (κ1) is 9.15. The molecule has 72 valence electrons. The van der Waals surface area contributed by atoms with Crippen molar-refractivity contribution in [1.29, 1.82) is 0 Å². The molecule has 0 radical (unpaired) electrons. The molecule has 0 atom stereocenters. The van der Waals surface area contributed by atoms with Crippen LogP contribution in [0.3, 0.4) is 0 Å². The van der Waals surface area contributed by atoms with Gasteiger partial charge in [0.15, 0.2) is 0 Å². The summed E-state index contributed by atoms with van der Waals surface area (Å²) >= 11 is 5.60. The van der Waals surface area contributed by atoms with Crippen LogP contribution in [-0.4, -0.2) is 11.7 Å². The molecule has 0 aliphatic carbocycles. The molecule has 0 fully saturated rings. The molecule has 1 amide bonds. The SMILES string of the molecule is O=C1Cc2cc(Cl)cc(F)c2NC1=O. The number of halogens is 2. The third kappa shape index (κ3) is 1.37. The molecule has 0 unspecified atom stereocenters. The van der Waals surface area contributed by atoms with Crippen molar-refractivity contribution in [3.8, 4) is 0 Å². The van der Waals surface area contributed by atoms with E-state index in [1.165, 1.54) is 6.07 Å². The Morgan fingerprint density at radius 3 is 2.79 bits per heavy atom. The lowest BCUT2D eigenvalue weighted by molar-refractivity contribution is -0.134. The third-order valence-corrected chi connectivity index (χ3v) is 2.20. The molecule has 1 aliphatic rings. The average Bonchev–Trinajstić information content (AvgIpc) is 2.08. The largest absolute Gasteiger partial charge is 0.317 e. The van der Waals surface area contributed by atoms with E-state index in [0.717, 1.165) is 6.07 Å². The minimum Gasteiger partial charge on any atom is -0.317 e. The fourth-order valence-corrected chi connectivity index (χ4v) is 1.57. The van der Waals surface area contributed by atoms with Crippen LogP contribution in [0.25, 0.3) is 0 Å². The Kier molecular flexibility index (Phi) is 2.00. The highest BCUT2D eigenvalue weighted by atomic mass is 35.5. The average molecular weight is 214 g/mol. The van der Waals surface area contributed by atoms with E-state index < -0.39 is 17.5 Å². The number of Topliss-reactive ketones (excluding diaryl/α,β-unsaturated/α-hetero) is 1. The summed E-state index contributed by atoms with van der Waals surface area (Å²) < 4.78 is 13.2. The van der Waals surface area contributed by atoms with Gasteiger partial charge in [-0.3, -0.25) is 9.59 Å². The van der Waals surface area contributed by atoms with Crippen molar-refractivity contribution in [3.05, 3.63) is 28.5 Å². The first-order valence-corrected chi connectivity index (χ1v) is 4.28. The van der Waals surface area contributed by atoms with Gasteiger partial charge in [-0.1, -0.05) is 11.6 Å². The normalized spacial score (nSPS) is 15.0. The van der Waals surface area contributed by atoms with E-state index in [9.17, 15) is 14.0 Å². The highest BCUT2D eigenvalue weighted by molar-refractivity contribution is 6.42. The standard InChI is InChI=1S/C9H5ClFNO2/c10-5-1-4-2-7(13)9(14)12-8(4)6(11)3-5/h1,3H,2H2,(H,12,14). The number of nitrogens with one attached hydrogen (secondary N) is 1. The maximum absolute atomic E-state index is 13.2. The smallest absolute Gasteiger partial charge is 0.292 e. The zero-order valence-electron chi connectivity index (χ0n) is 6.93. The van der Waals surface area contributed by atoms with Crippen molar-refractivity contribution in [3.63, 3.8) is 0 Å². The van der Waals surface area contributed by atoms with E-state index in [2.05, 4.69) is 5.32 Å². The Morgan fingerprint density at radius 2 is 2.07 bits per heavy atom. The maximum Gasteiger partial charge on any atom is 0.292 e. The molecule has 1 aromatic carbocycles. The molecule has 3 nitrogen and oxygen atoms in total. The van der Waals surface area contributed by atoms with Crippen molar-refractivity contribution in [1.82, 2.24) is 0 Å². The molecule has 0 saturated carbocycles. The molecular weight excluding hydrogens is 209 g/mol. The lowest BCUT2D eigenvalue weighted by atomic mass is 10.0. The van der Waals surface area contributed by atoms with Gasteiger partial charge in [0.2, 0.25) is 5.78 Å². The summed E-state index contributed by atoms with van der Waals surface area (Å²) in [6.07, 6.45) is -0.0986. The van der Waals surface area contributed by atoms with Crippen LogP contribution in [0.4, 0.5) is 10.1 Å². The zero-order valence-corrected chi connectivity index (χ0v) is 7.69. The summed E-state index contributed by atoms with van der Waals surface area (Å²) in [6.45, 7) is 0. The van der Waals surface area contributed by atoms with E-state index in [1.807, 2.05) is 0 Å². The fourth-order valence-electron chi connectivity index (χ4n) is 1.34. The molecule has 1 aliphatic heterocycles. The predicted molar refractivity (Wildman–Crippen MR) is 48.8 cm³/mol. The molecule has 5 heteroatoms. The van der Waals surface area contributed by atoms with E-state index >= 15 is 0 Å². The van der Waals surface area contributed by atoms with Gasteiger partial charge in [0, 0.05) is 11.4 Å². The van der Waals surface area contributed by atoms with E-state index in [4.69, 9.17) is 11.6 Å².